The third-order valence-electron chi connectivity index (χ3n) is 3.20. The first kappa shape index (κ1) is 13.9. The van der Waals surface area contributed by atoms with Crippen LogP contribution in [0.5, 0.6) is 0 Å². The van der Waals surface area contributed by atoms with Gasteiger partial charge in [-0.2, -0.15) is 0 Å². The van der Waals surface area contributed by atoms with Gasteiger partial charge < -0.3 is 10.6 Å². The highest BCUT2D eigenvalue weighted by Gasteiger charge is 2.15. The average molecular weight is 320 g/mol. The van der Waals surface area contributed by atoms with E-state index in [1.54, 1.807) is 6.20 Å². The van der Waals surface area contributed by atoms with Crippen LogP contribution < -0.4 is 10.6 Å². The molecule has 1 heterocycles. The van der Waals surface area contributed by atoms with Crippen LogP contribution in [0.25, 0.3) is 0 Å². The minimum absolute atomic E-state index is 0.704. The quantitative estimate of drug-likeness (QED) is 0.921. The fourth-order valence-corrected chi connectivity index (χ4v) is 2.49. The summed E-state index contributed by atoms with van der Waals surface area (Å²) in [5, 5.41) is 0. The van der Waals surface area contributed by atoms with E-state index in [2.05, 4.69) is 63.9 Å². The van der Waals surface area contributed by atoms with E-state index < -0.39 is 0 Å². The van der Waals surface area contributed by atoms with Crippen LogP contribution in [0.2, 0.25) is 0 Å². The Kier molecular flexibility index (Phi) is 4.10. The number of hydrogen-bond donors (Lipinski definition) is 1. The van der Waals surface area contributed by atoms with Crippen molar-refractivity contribution in [3.05, 3.63) is 46.1 Å². The number of rotatable bonds is 3. The Morgan fingerprint density at radius 2 is 1.84 bits per heavy atom. The predicted molar refractivity (Wildman–Crippen MR) is 84.9 cm³/mol. The molecular formula is C15H18BrN3. The van der Waals surface area contributed by atoms with Crippen LogP contribution in [-0.2, 0) is 0 Å². The lowest BCUT2D eigenvalue weighted by atomic mass is 10.2. The van der Waals surface area contributed by atoms with E-state index in [1.807, 2.05) is 6.92 Å². The summed E-state index contributed by atoms with van der Waals surface area (Å²) in [6.45, 7) is 7.03. The van der Waals surface area contributed by atoms with Gasteiger partial charge in [0.05, 0.1) is 16.4 Å². The smallest absolute Gasteiger partial charge is 0.147 e. The van der Waals surface area contributed by atoms with Gasteiger partial charge >= 0.3 is 0 Å². The Morgan fingerprint density at radius 1 is 1.21 bits per heavy atom. The van der Waals surface area contributed by atoms with Gasteiger partial charge in [0.15, 0.2) is 0 Å². The molecule has 2 N–H and O–H groups in total. The normalized spacial score (nSPS) is 10.5. The van der Waals surface area contributed by atoms with E-state index in [0.29, 0.717) is 5.69 Å². The second kappa shape index (κ2) is 5.61. The molecule has 0 atom stereocenters. The number of halogens is 1. The molecule has 0 aliphatic rings. The lowest BCUT2D eigenvalue weighted by Gasteiger charge is -2.24. The third kappa shape index (κ3) is 2.73. The predicted octanol–water partition coefficient (Wildman–Crippen LogP) is 4.20. The summed E-state index contributed by atoms with van der Waals surface area (Å²) in [4.78, 5) is 6.63. The number of hydrogen-bond acceptors (Lipinski definition) is 3. The van der Waals surface area contributed by atoms with Crippen molar-refractivity contribution >= 4 is 33.1 Å². The zero-order valence-electron chi connectivity index (χ0n) is 11.4. The van der Waals surface area contributed by atoms with Crippen LogP contribution in [0.3, 0.4) is 0 Å². The fourth-order valence-electron chi connectivity index (χ4n) is 1.95. The fraction of sp³-hybridized carbons (Fsp3) is 0.267. The molecule has 4 heteroatoms. The van der Waals surface area contributed by atoms with E-state index in [1.165, 1.54) is 5.56 Å². The van der Waals surface area contributed by atoms with Crippen LogP contribution in [0.4, 0.5) is 17.2 Å². The second-order valence-electron chi connectivity index (χ2n) is 4.56. The highest BCUT2D eigenvalue weighted by Crippen LogP contribution is 2.34. The Morgan fingerprint density at radius 3 is 2.42 bits per heavy atom. The van der Waals surface area contributed by atoms with Crippen LogP contribution in [0.1, 0.15) is 18.1 Å². The molecule has 2 aromatic rings. The van der Waals surface area contributed by atoms with Crippen molar-refractivity contribution in [1.29, 1.82) is 0 Å². The van der Waals surface area contributed by atoms with Gasteiger partial charge in [-0.3, -0.25) is 0 Å². The van der Waals surface area contributed by atoms with Crippen LogP contribution in [-0.4, -0.2) is 11.5 Å². The van der Waals surface area contributed by atoms with Gasteiger partial charge in [0.2, 0.25) is 0 Å². The van der Waals surface area contributed by atoms with Crippen molar-refractivity contribution in [2.45, 2.75) is 20.8 Å². The second-order valence-corrected chi connectivity index (χ2v) is 5.35. The molecule has 0 saturated carbocycles. The minimum Gasteiger partial charge on any atom is -0.397 e. The summed E-state index contributed by atoms with van der Waals surface area (Å²) < 4.78 is 0.954. The molecule has 0 aliphatic carbocycles. The van der Waals surface area contributed by atoms with Crippen molar-refractivity contribution in [3.63, 3.8) is 0 Å². The summed E-state index contributed by atoms with van der Waals surface area (Å²) in [5.41, 5.74) is 9.99. The van der Waals surface area contributed by atoms with Crippen LogP contribution in [0, 0.1) is 13.8 Å². The standard InChI is InChI=1S/C15H18BrN3/c1-4-19(12-7-5-10(2)6-8-12)15-14(16)11(3)13(17)9-18-15/h5-9H,4,17H2,1-3H3. The molecule has 1 aromatic heterocycles. The monoisotopic (exact) mass is 319 g/mol. The third-order valence-corrected chi connectivity index (χ3v) is 4.15. The summed E-state index contributed by atoms with van der Waals surface area (Å²) in [7, 11) is 0. The summed E-state index contributed by atoms with van der Waals surface area (Å²) in [6, 6.07) is 8.43. The zero-order valence-corrected chi connectivity index (χ0v) is 13.0. The molecule has 1 aromatic carbocycles. The molecule has 3 nitrogen and oxygen atoms in total. The van der Waals surface area contributed by atoms with E-state index in [0.717, 1.165) is 28.1 Å². The maximum atomic E-state index is 5.88. The number of aryl methyl sites for hydroxylation is 1. The SMILES string of the molecule is CCN(c1ccc(C)cc1)c1ncc(N)c(C)c1Br. The molecule has 0 fully saturated rings. The lowest BCUT2D eigenvalue weighted by molar-refractivity contribution is 0.981. The molecule has 0 bridgehead atoms. The largest absolute Gasteiger partial charge is 0.397 e. The average Bonchev–Trinajstić information content (AvgIpc) is 2.41. The number of benzene rings is 1. The molecule has 19 heavy (non-hydrogen) atoms. The molecule has 0 unspecified atom stereocenters. The van der Waals surface area contributed by atoms with Gasteiger partial charge in [0.25, 0.3) is 0 Å². The number of nitrogens with two attached hydrogens (primary N) is 1. The molecule has 0 aliphatic heterocycles. The molecule has 0 amide bonds. The summed E-state index contributed by atoms with van der Waals surface area (Å²) in [6.07, 6.45) is 1.71. The lowest BCUT2D eigenvalue weighted by Crippen LogP contribution is -2.18. The highest BCUT2D eigenvalue weighted by atomic mass is 79.9. The molecule has 100 valence electrons. The van der Waals surface area contributed by atoms with Gasteiger partial charge in [-0.05, 0) is 54.4 Å². The Labute approximate surface area is 122 Å². The first-order valence-electron chi connectivity index (χ1n) is 6.29. The maximum Gasteiger partial charge on any atom is 0.147 e. The summed E-state index contributed by atoms with van der Waals surface area (Å²) in [5.74, 6) is 0.901. The van der Waals surface area contributed by atoms with Gasteiger partial charge in [0, 0.05) is 12.2 Å². The first-order valence-corrected chi connectivity index (χ1v) is 7.08. The van der Waals surface area contributed by atoms with E-state index >= 15 is 0 Å². The first-order chi connectivity index (χ1) is 9.04. The van der Waals surface area contributed by atoms with Crippen molar-refractivity contribution in [2.75, 3.05) is 17.2 Å². The van der Waals surface area contributed by atoms with E-state index in [9.17, 15) is 0 Å². The van der Waals surface area contributed by atoms with Crippen molar-refractivity contribution in [3.8, 4) is 0 Å². The number of anilines is 3. The van der Waals surface area contributed by atoms with Crippen LogP contribution >= 0.6 is 15.9 Å². The van der Waals surface area contributed by atoms with Crippen molar-refractivity contribution < 1.29 is 0 Å². The minimum atomic E-state index is 0.704. The number of pyridine rings is 1. The van der Waals surface area contributed by atoms with Gasteiger partial charge in [0.1, 0.15) is 5.82 Å². The Balaban J connectivity index is 2.48. The van der Waals surface area contributed by atoms with E-state index in [4.69, 9.17) is 5.73 Å². The zero-order chi connectivity index (χ0) is 14.0. The molecule has 0 saturated heterocycles. The topological polar surface area (TPSA) is 42.2 Å². The highest BCUT2D eigenvalue weighted by molar-refractivity contribution is 9.10. The van der Waals surface area contributed by atoms with Crippen molar-refractivity contribution in [1.82, 2.24) is 4.98 Å². The van der Waals surface area contributed by atoms with Crippen molar-refractivity contribution in [2.24, 2.45) is 0 Å². The number of aromatic nitrogens is 1. The van der Waals surface area contributed by atoms with Crippen LogP contribution in [0.15, 0.2) is 34.9 Å². The van der Waals surface area contributed by atoms with Gasteiger partial charge in [-0.25, -0.2) is 4.98 Å². The number of nitrogens with zero attached hydrogens (tertiary/aromatic N) is 2. The Bertz CT molecular complexity index is 579. The Hall–Kier alpha value is -1.55. The molecule has 0 radical (unpaired) electrons. The molecular weight excluding hydrogens is 302 g/mol. The molecule has 2 rings (SSSR count). The maximum absolute atomic E-state index is 5.88. The van der Waals surface area contributed by atoms with E-state index in [-0.39, 0.29) is 0 Å². The molecule has 0 spiro atoms. The number of nitrogen functional groups attached to an aromatic ring is 1. The van der Waals surface area contributed by atoms with Gasteiger partial charge in [-0.1, -0.05) is 17.7 Å². The summed E-state index contributed by atoms with van der Waals surface area (Å²) >= 11 is 3.60. The van der Waals surface area contributed by atoms with Gasteiger partial charge in [-0.15, -0.1) is 0 Å².